The number of hydrogen-bond acceptors (Lipinski definition) is 1. The van der Waals surface area contributed by atoms with Crippen molar-refractivity contribution in [1.29, 1.82) is 0 Å². The van der Waals surface area contributed by atoms with E-state index in [0.29, 0.717) is 12.8 Å². The fraction of sp³-hybridized carbons (Fsp3) is 1.00. The van der Waals surface area contributed by atoms with E-state index in [4.69, 9.17) is 16.7 Å². The summed E-state index contributed by atoms with van der Waals surface area (Å²) in [6.45, 7) is 0.186. The fourth-order valence-corrected chi connectivity index (χ4v) is 0.974. The molecule has 0 aliphatic carbocycles. The van der Waals surface area contributed by atoms with Crippen molar-refractivity contribution in [2.24, 2.45) is 0 Å². The van der Waals surface area contributed by atoms with Crippen LogP contribution in [-0.2, 0) is 0 Å². The van der Waals surface area contributed by atoms with Gasteiger partial charge < -0.3 is 5.11 Å². The maximum Gasteiger partial charge on any atom is 0.153 e. The van der Waals surface area contributed by atoms with Crippen molar-refractivity contribution in [3.05, 3.63) is 0 Å². The highest BCUT2D eigenvalue weighted by Crippen LogP contribution is 2.35. The normalized spacial score (nSPS) is 12.0. The van der Waals surface area contributed by atoms with Gasteiger partial charge in [-0.2, -0.15) is 0 Å². The van der Waals surface area contributed by atoms with Crippen molar-refractivity contribution in [3.8, 4) is 0 Å². The summed E-state index contributed by atoms with van der Waals surface area (Å²) in [4.78, 5) is 0. The zero-order valence-electron chi connectivity index (χ0n) is 4.20. The molecule has 1 nitrogen and oxygen atoms in total. The third-order valence-corrected chi connectivity index (χ3v) is 1.60. The summed E-state index contributed by atoms with van der Waals surface area (Å²) in [5.74, 6) is 0. The molecule has 0 aromatic rings. The molecule has 0 unspecified atom stereocenters. The van der Waals surface area contributed by atoms with E-state index in [1.165, 1.54) is 0 Å². The molecule has 50 valence electrons. The Balaban J connectivity index is 3.11. The Bertz CT molecular complexity index is 61.5. The van der Waals surface area contributed by atoms with E-state index in [-0.39, 0.29) is 6.61 Å². The molecule has 0 bridgehead atoms. The number of halogens is 3. The zero-order chi connectivity index (χ0) is 6.62. The summed E-state index contributed by atoms with van der Waals surface area (Å²) in [7, 11) is 0. The average molecular weight is 266 g/mol. The lowest BCUT2D eigenvalue weighted by atomic mass is 10.4. The Morgan fingerprint density at radius 1 is 1.50 bits per heavy atom. The van der Waals surface area contributed by atoms with Crippen LogP contribution in [0.15, 0.2) is 0 Å². The predicted octanol–water partition coefficient (Wildman–Crippen LogP) is 2.44. The smallest absolute Gasteiger partial charge is 0.153 e. The standard InChI is InChI=1S/C4H7Br2ClO/c5-4(6,7)2-1-3-8/h8H,1-3H2. The van der Waals surface area contributed by atoms with Gasteiger partial charge in [0.25, 0.3) is 0 Å². The SMILES string of the molecule is OCCCC(Cl)(Br)Br. The molecule has 0 spiro atoms. The van der Waals surface area contributed by atoms with Crippen molar-refractivity contribution >= 4 is 43.5 Å². The quantitative estimate of drug-likeness (QED) is 0.778. The highest BCUT2D eigenvalue weighted by atomic mass is 79.9. The second kappa shape index (κ2) is 4.09. The molecule has 0 saturated heterocycles. The van der Waals surface area contributed by atoms with Crippen molar-refractivity contribution in [3.63, 3.8) is 0 Å². The van der Waals surface area contributed by atoms with Crippen LogP contribution in [0.2, 0.25) is 0 Å². The van der Waals surface area contributed by atoms with E-state index in [0.717, 1.165) is 0 Å². The van der Waals surface area contributed by atoms with Gasteiger partial charge in [-0.15, -0.1) is 0 Å². The first-order valence-corrected chi connectivity index (χ1v) is 4.20. The first kappa shape index (κ1) is 9.21. The Hall–Kier alpha value is 1.21. The molecular weight excluding hydrogens is 259 g/mol. The maximum absolute atomic E-state index is 8.33. The molecule has 0 radical (unpaired) electrons. The summed E-state index contributed by atoms with van der Waals surface area (Å²) in [5.41, 5.74) is 0. The van der Waals surface area contributed by atoms with E-state index in [1.54, 1.807) is 0 Å². The molecule has 0 rings (SSSR count). The molecule has 0 atom stereocenters. The molecule has 0 aromatic heterocycles. The van der Waals surface area contributed by atoms with Crippen LogP contribution in [-0.4, -0.2) is 14.4 Å². The Kier molecular flexibility index (Phi) is 4.71. The minimum Gasteiger partial charge on any atom is -0.396 e. The number of rotatable bonds is 3. The Morgan fingerprint density at radius 2 is 2.00 bits per heavy atom. The second-order valence-electron chi connectivity index (χ2n) is 1.44. The van der Waals surface area contributed by atoms with Crippen LogP contribution in [0.3, 0.4) is 0 Å². The molecule has 0 saturated carbocycles. The minimum atomic E-state index is -0.511. The number of aliphatic hydroxyl groups is 1. The molecule has 0 fully saturated rings. The van der Waals surface area contributed by atoms with Crippen molar-refractivity contribution in [2.45, 2.75) is 15.5 Å². The molecule has 0 aromatic carbocycles. The van der Waals surface area contributed by atoms with Crippen LogP contribution < -0.4 is 0 Å². The molecule has 1 N–H and O–H groups in total. The molecule has 8 heavy (non-hydrogen) atoms. The molecule has 0 aliphatic rings. The lowest BCUT2D eigenvalue weighted by Gasteiger charge is -2.08. The number of hydrogen-bond donors (Lipinski definition) is 1. The van der Waals surface area contributed by atoms with Gasteiger partial charge in [-0.1, -0.05) is 43.5 Å². The zero-order valence-corrected chi connectivity index (χ0v) is 8.13. The van der Waals surface area contributed by atoms with Gasteiger partial charge in [0, 0.05) is 6.61 Å². The fourth-order valence-electron chi connectivity index (χ4n) is 0.280. The molecule has 0 aliphatic heterocycles. The summed E-state index contributed by atoms with van der Waals surface area (Å²) in [6.07, 6.45) is 1.42. The largest absolute Gasteiger partial charge is 0.396 e. The number of alkyl halides is 3. The van der Waals surface area contributed by atoms with E-state index >= 15 is 0 Å². The first-order valence-electron chi connectivity index (χ1n) is 2.24. The first-order chi connectivity index (χ1) is 3.56. The third kappa shape index (κ3) is 7.21. The van der Waals surface area contributed by atoms with Gasteiger partial charge in [0.1, 0.15) is 0 Å². The lowest BCUT2D eigenvalue weighted by Crippen LogP contribution is -2.00. The van der Waals surface area contributed by atoms with Gasteiger partial charge in [0.15, 0.2) is 2.69 Å². The van der Waals surface area contributed by atoms with Crippen LogP contribution in [0.1, 0.15) is 12.8 Å². The van der Waals surface area contributed by atoms with Crippen LogP contribution >= 0.6 is 43.5 Å². The molecule has 0 amide bonds. The second-order valence-corrected chi connectivity index (χ2v) is 6.77. The van der Waals surface area contributed by atoms with E-state index in [1.807, 2.05) is 0 Å². The van der Waals surface area contributed by atoms with Crippen LogP contribution in [0.4, 0.5) is 0 Å². The average Bonchev–Trinajstić information content (AvgIpc) is 1.59. The Morgan fingerprint density at radius 3 is 2.12 bits per heavy atom. The van der Waals surface area contributed by atoms with E-state index < -0.39 is 2.69 Å². The monoisotopic (exact) mass is 264 g/mol. The van der Waals surface area contributed by atoms with Gasteiger partial charge in [0.2, 0.25) is 0 Å². The van der Waals surface area contributed by atoms with Crippen LogP contribution in [0, 0.1) is 0 Å². The maximum atomic E-state index is 8.33. The summed E-state index contributed by atoms with van der Waals surface area (Å²) in [6, 6.07) is 0. The predicted molar refractivity (Wildman–Crippen MR) is 42.8 cm³/mol. The van der Waals surface area contributed by atoms with Gasteiger partial charge in [0.05, 0.1) is 0 Å². The Labute approximate surface area is 70.7 Å². The molecular formula is C4H7Br2ClO. The van der Waals surface area contributed by atoms with Gasteiger partial charge in [-0.3, -0.25) is 0 Å². The number of aliphatic hydroxyl groups excluding tert-OH is 1. The van der Waals surface area contributed by atoms with Gasteiger partial charge in [-0.05, 0) is 12.8 Å². The van der Waals surface area contributed by atoms with Crippen LogP contribution in [0.5, 0.6) is 0 Å². The summed E-state index contributed by atoms with van der Waals surface area (Å²) >= 11 is 11.9. The topological polar surface area (TPSA) is 20.2 Å². The highest BCUT2D eigenvalue weighted by molar-refractivity contribution is 9.26. The van der Waals surface area contributed by atoms with Crippen molar-refractivity contribution in [1.82, 2.24) is 0 Å². The van der Waals surface area contributed by atoms with Crippen molar-refractivity contribution in [2.75, 3.05) is 6.61 Å². The lowest BCUT2D eigenvalue weighted by molar-refractivity contribution is 0.286. The van der Waals surface area contributed by atoms with Crippen LogP contribution in [0.25, 0.3) is 0 Å². The van der Waals surface area contributed by atoms with Gasteiger partial charge >= 0.3 is 0 Å². The van der Waals surface area contributed by atoms with Crippen molar-refractivity contribution < 1.29 is 5.11 Å². The molecule has 0 heterocycles. The molecule has 4 heteroatoms. The summed E-state index contributed by atoms with van der Waals surface area (Å²) in [5, 5.41) is 8.33. The third-order valence-electron chi connectivity index (χ3n) is 0.618. The van der Waals surface area contributed by atoms with E-state index in [2.05, 4.69) is 31.9 Å². The minimum absolute atomic E-state index is 0.186. The summed E-state index contributed by atoms with van der Waals surface area (Å²) < 4.78 is -0.511. The van der Waals surface area contributed by atoms with Gasteiger partial charge in [-0.25, -0.2) is 0 Å². The highest BCUT2D eigenvalue weighted by Gasteiger charge is 2.16. The van der Waals surface area contributed by atoms with E-state index in [9.17, 15) is 0 Å².